The van der Waals surface area contributed by atoms with Crippen molar-refractivity contribution in [2.45, 2.75) is 12.8 Å². The quantitative estimate of drug-likeness (QED) is 0.808. The summed E-state index contributed by atoms with van der Waals surface area (Å²) in [4.78, 5) is 0. The molecule has 2 aromatic rings. The SMILES string of the molecule is COc1cc(O)cc2c1-c1cccc(O)c1CC2. The Morgan fingerprint density at radius 2 is 1.94 bits per heavy atom. The molecular formula is C15H14O3. The third-order valence-electron chi connectivity index (χ3n) is 3.45. The van der Waals surface area contributed by atoms with Crippen molar-refractivity contribution in [1.82, 2.24) is 0 Å². The van der Waals surface area contributed by atoms with Crippen LogP contribution in [0.1, 0.15) is 11.1 Å². The monoisotopic (exact) mass is 242 g/mol. The second kappa shape index (κ2) is 3.95. The molecule has 0 spiro atoms. The second-order valence-corrected chi connectivity index (χ2v) is 4.49. The van der Waals surface area contributed by atoms with E-state index in [2.05, 4.69) is 0 Å². The highest BCUT2D eigenvalue weighted by Gasteiger charge is 2.22. The van der Waals surface area contributed by atoms with Crippen molar-refractivity contribution in [2.75, 3.05) is 7.11 Å². The zero-order valence-corrected chi connectivity index (χ0v) is 10.1. The van der Waals surface area contributed by atoms with Crippen LogP contribution >= 0.6 is 0 Å². The van der Waals surface area contributed by atoms with Gasteiger partial charge in [0.1, 0.15) is 17.2 Å². The van der Waals surface area contributed by atoms with Crippen LogP contribution in [0.5, 0.6) is 17.2 Å². The summed E-state index contributed by atoms with van der Waals surface area (Å²) in [6, 6.07) is 8.89. The Hall–Kier alpha value is -2.16. The van der Waals surface area contributed by atoms with Gasteiger partial charge in [-0.15, -0.1) is 0 Å². The van der Waals surface area contributed by atoms with Crippen LogP contribution in [0.3, 0.4) is 0 Å². The Kier molecular flexibility index (Phi) is 2.40. The normalized spacial score (nSPS) is 12.7. The molecule has 1 aliphatic rings. The fourth-order valence-corrected chi connectivity index (χ4v) is 2.65. The van der Waals surface area contributed by atoms with E-state index < -0.39 is 0 Å². The van der Waals surface area contributed by atoms with Gasteiger partial charge in [0.25, 0.3) is 0 Å². The van der Waals surface area contributed by atoms with Crippen LogP contribution in [0, 0.1) is 0 Å². The highest BCUT2D eigenvalue weighted by Crippen LogP contribution is 2.44. The van der Waals surface area contributed by atoms with Crippen molar-refractivity contribution >= 4 is 0 Å². The molecular weight excluding hydrogens is 228 g/mol. The fourth-order valence-electron chi connectivity index (χ4n) is 2.65. The fraction of sp³-hybridized carbons (Fsp3) is 0.200. The molecule has 3 nitrogen and oxygen atoms in total. The number of ether oxygens (including phenoxy) is 1. The summed E-state index contributed by atoms with van der Waals surface area (Å²) >= 11 is 0. The van der Waals surface area contributed by atoms with Crippen molar-refractivity contribution < 1.29 is 14.9 Å². The average molecular weight is 242 g/mol. The first-order valence-corrected chi connectivity index (χ1v) is 5.92. The Bertz CT molecular complexity index is 600. The standard InChI is InChI=1S/C15H14O3/c1-18-14-8-10(16)7-9-5-6-11-12(15(9)14)3-2-4-13(11)17/h2-4,7-8,16-17H,5-6H2,1H3. The van der Waals surface area contributed by atoms with Crippen molar-refractivity contribution in [2.24, 2.45) is 0 Å². The van der Waals surface area contributed by atoms with Crippen LogP contribution in [-0.2, 0) is 12.8 Å². The van der Waals surface area contributed by atoms with Gasteiger partial charge in [-0.2, -0.15) is 0 Å². The predicted octanol–water partition coefficient (Wildman–Crippen LogP) is 2.87. The molecule has 0 heterocycles. The number of hydrogen-bond acceptors (Lipinski definition) is 3. The zero-order chi connectivity index (χ0) is 12.7. The van der Waals surface area contributed by atoms with Crippen molar-refractivity contribution in [3.05, 3.63) is 41.5 Å². The van der Waals surface area contributed by atoms with Crippen LogP contribution in [0.15, 0.2) is 30.3 Å². The van der Waals surface area contributed by atoms with Crippen LogP contribution in [-0.4, -0.2) is 17.3 Å². The van der Waals surface area contributed by atoms with Gasteiger partial charge in [-0.25, -0.2) is 0 Å². The molecule has 18 heavy (non-hydrogen) atoms. The van der Waals surface area contributed by atoms with E-state index in [1.54, 1.807) is 25.3 Å². The number of fused-ring (bicyclic) bond motifs is 3. The number of hydrogen-bond donors (Lipinski definition) is 2. The zero-order valence-electron chi connectivity index (χ0n) is 10.1. The van der Waals surface area contributed by atoms with Crippen molar-refractivity contribution in [1.29, 1.82) is 0 Å². The molecule has 0 fully saturated rings. The molecule has 92 valence electrons. The minimum absolute atomic E-state index is 0.217. The Morgan fingerprint density at radius 3 is 2.72 bits per heavy atom. The molecule has 3 rings (SSSR count). The van der Waals surface area contributed by atoms with Gasteiger partial charge in [0, 0.05) is 17.2 Å². The lowest BCUT2D eigenvalue weighted by Gasteiger charge is -2.23. The molecule has 0 bridgehead atoms. The number of phenols is 2. The summed E-state index contributed by atoms with van der Waals surface area (Å²) in [5, 5.41) is 19.6. The minimum Gasteiger partial charge on any atom is -0.508 e. The molecule has 0 amide bonds. The van der Waals surface area contributed by atoms with Gasteiger partial charge in [0.05, 0.1) is 7.11 Å². The number of rotatable bonds is 1. The van der Waals surface area contributed by atoms with E-state index in [0.29, 0.717) is 11.5 Å². The second-order valence-electron chi connectivity index (χ2n) is 4.49. The van der Waals surface area contributed by atoms with Gasteiger partial charge in [-0.1, -0.05) is 12.1 Å². The summed E-state index contributed by atoms with van der Waals surface area (Å²) < 4.78 is 5.35. The van der Waals surface area contributed by atoms with Gasteiger partial charge < -0.3 is 14.9 Å². The molecule has 0 aliphatic heterocycles. The lowest BCUT2D eigenvalue weighted by Crippen LogP contribution is -2.05. The third-order valence-corrected chi connectivity index (χ3v) is 3.45. The Morgan fingerprint density at radius 1 is 1.11 bits per heavy atom. The van der Waals surface area contributed by atoms with Crippen LogP contribution in [0.2, 0.25) is 0 Å². The first-order chi connectivity index (χ1) is 8.70. The topological polar surface area (TPSA) is 49.7 Å². The number of benzene rings is 2. The maximum Gasteiger partial charge on any atom is 0.130 e. The van der Waals surface area contributed by atoms with E-state index >= 15 is 0 Å². The van der Waals surface area contributed by atoms with Crippen LogP contribution < -0.4 is 4.74 Å². The van der Waals surface area contributed by atoms with Gasteiger partial charge in [0.15, 0.2) is 0 Å². The lowest BCUT2D eigenvalue weighted by atomic mass is 9.84. The summed E-state index contributed by atoms with van der Waals surface area (Å²) in [6.45, 7) is 0. The smallest absolute Gasteiger partial charge is 0.130 e. The summed E-state index contributed by atoms with van der Waals surface area (Å²) in [5.74, 6) is 1.19. The molecule has 0 radical (unpaired) electrons. The van der Waals surface area contributed by atoms with Gasteiger partial charge >= 0.3 is 0 Å². The van der Waals surface area contributed by atoms with Crippen LogP contribution in [0.25, 0.3) is 11.1 Å². The molecule has 0 unspecified atom stereocenters. The number of methoxy groups -OCH3 is 1. The number of aryl methyl sites for hydroxylation is 1. The molecule has 0 aromatic heterocycles. The largest absolute Gasteiger partial charge is 0.508 e. The molecule has 3 heteroatoms. The molecule has 2 N–H and O–H groups in total. The lowest BCUT2D eigenvalue weighted by molar-refractivity contribution is 0.408. The molecule has 2 aromatic carbocycles. The Balaban J connectivity index is 2.32. The van der Waals surface area contributed by atoms with E-state index in [1.807, 2.05) is 12.1 Å². The molecule has 0 saturated carbocycles. The first-order valence-electron chi connectivity index (χ1n) is 5.92. The van der Waals surface area contributed by atoms with Crippen molar-refractivity contribution in [3.8, 4) is 28.4 Å². The van der Waals surface area contributed by atoms with E-state index in [4.69, 9.17) is 4.74 Å². The Labute approximate surface area is 105 Å². The highest BCUT2D eigenvalue weighted by atomic mass is 16.5. The molecule has 1 aliphatic carbocycles. The maximum absolute atomic E-state index is 9.91. The maximum atomic E-state index is 9.91. The average Bonchev–Trinajstić information content (AvgIpc) is 2.37. The van der Waals surface area contributed by atoms with E-state index in [9.17, 15) is 10.2 Å². The summed E-state index contributed by atoms with van der Waals surface area (Å²) in [7, 11) is 1.59. The van der Waals surface area contributed by atoms with E-state index in [0.717, 1.165) is 35.1 Å². The summed E-state index contributed by atoms with van der Waals surface area (Å²) in [5.41, 5.74) is 3.99. The van der Waals surface area contributed by atoms with Crippen LogP contribution in [0.4, 0.5) is 0 Å². The van der Waals surface area contributed by atoms with Gasteiger partial charge in [0.2, 0.25) is 0 Å². The highest BCUT2D eigenvalue weighted by molar-refractivity contribution is 5.81. The third kappa shape index (κ3) is 1.51. The van der Waals surface area contributed by atoms with Crippen molar-refractivity contribution in [3.63, 3.8) is 0 Å². The minimum atomic E-state index is 0.217. The van der Waals surface area contributed by atoms with Gasteiger partial charge in [-0.05, 0) is 36.1 Å². The van der Waals surface area contributed by atoms with E-state index in [-0.39, 0.29) is 5.75 Å². The molecule has 0 saturated heterocycles. The number of phenolic OH excluding ortho intramolecular Hbond substituents is 2. The van der Waals surface area contributed by atoms with Gasteiger partial charge in [-0.3, -0.25) is 0 Å². The first kappa shape index (κ1) is 11.0. The van der Waals surface area contributed by atoms with E-state index in [1.165, 1.54) is 0 Å². The molecule has 0 atom stereocenters. The predicted molar refractivity (Wildman–Crippen MR) is 69.2 cm³/mol. The summed E-state index contributed by atoms with van der Waals surface area (Å²) in [6.07, 6.45) is 1.58. The number of aromatic hydroxyl groups is 2.